The topological polar surface area (TPSA) is 86.8 Å². The number of rotatable bonds is 11. The summed E-state index contributed by atoms with van der Waals surface area (Å²) in [5, 5.41) is 3.04. The fraction of sp³-hybridized carbons (Fsp3) is 0.394. The third-order valence-corrected chi connectivity index (χ3v) is 9.66. The molecule has 0 spiro atoms. The summed E-state index contributed by atoms with van der Waals surface area (Å²) in [5.74, 6) is -1.06. The maximum absolute atomic E-state index is 14.2. The molecule has 44 heavy (non-hydrogen) atoms. The van der Waals surface area contributed by atoms with Gasteiger partial charge in [0.25, 0.3) is 10.0 Å². The molecule has 11 heteroatoms. The second-order valence-electron chi connectivity index (χ2n) is 11.3. The fourth-order valence-electron chi connectivity index (χ4n) is 5.50. The lowest BCUT2D eigenvalue weighted by Crippen LogP contribution is -2.53. The first kappa shape index (κ1) is 33.0. The van der Waals surface area contributed by atoms with E-state index in [2.05, 4.69) is 5.32 Å². The van der Waals surface area contributed by atoms with Gasteiger partial charge in [0.2, 0.25) is 11.8 Å². The molecule has 0 heterocycles. The van der Waals surface area contributed by atoms with Crippen molar-refractivity contribution in [1.82, 2.24) is 10.2 Å². The van der Waals surface area contributed by atoms with Crippen molar-refractivity contribution in [3.05, 3.63) is 95.1 Å². The minimum atomic E-state index is -4.73. The van der Waals surface area contributed by atoms with Crippen LogP contribution in [0.15, 0.2) is 77.7 Å². The highest BCUT2D eigenvalue weighted by Gasteiger charge is 2.36. The first-order chi connectivity index (χ1) is 20.8. The molecule has 1 aliphatic rings. The number of anilines is 1. The zero-order chi connectivity index (χ0) is 32.1. The molecule has 2 amide bonds. The van der Waals surface area contributed by atoms with Crippen LogP contribution >= 0.6 is 0 Å². The summed E-state index contributed by atoms with van der Waals surface area (Å²) in [6.45, 7) is 4.64. The minimum Gasteiger partial charge on any atom is -0.352 e. The van der Waals surface area contributed by atoms with Gasteiger partial charge in [0.05, 0.1) is 16.1 Å². The van der Waals surface area contributed by atoms with Gasteiger partial charge >= 0.3 is 6.18 Å². The lowest BCUT2D eigenvalue weighted by Gasteiger charge is -2.34. The highest BCUT2D eigenvalue weighted by Crippen LogP contribution is 2.33. The lowest BCUT2D eigenvalue weighted by molar-refractivity contribution is -0.140. The Bertz CT molecular complexity index is 1570. The van der Waals surface area contributed by atoms with Gasteiger partial charge in [0.1, 0.15) is 12.6 Å². The highest BCUT2D eigenvalue weighted by atomic mass is 32.2. The Labute approximate surface area is 257 Å². The summed E-state index contributed by atoms with van der Waals surface area (Å²) in [5.41, 5.74) is 1.09. The molecule has 3 aromatic rings. The molecule has 0 aromatic heterocycles. The Morgan fingerprint density at radius 1 is 0.932 bits per heavy atom. The molecule has 3 aromatic carbocycles. The molecule has 0 unspecified atom stereocenters. The van der Waals surface area contributed by atoms with Crippen LogP contribution < -0.4 is 9.62 Å². The molecule has 0 bridgehead atoms. The number of amides is 2. The number of halogens is 3. The largest absolute Gasteiger partial charge is 0.416 e. The maximum Gasteiger partial charge on any atom is 0.416 e. The number of hydrogen-bond acceptors (Lipinski definition) is 4. The molecule has 1 saturated carbocycles. The quantitative estimate of drug-likeness (QED) is 0.267. The monoisotopic (exact) mass is 629 g/mol. The van der Waals surface area contributed by atoms with Crippen molar-refractivity contribution in [2.45, 2.75) is 82.6 Å². The molecule has 1 N–H and O–H groups in total. The molecule has 0 aliphatic heterocycles. The fourth-order valence-corrected chi connectivity index (χ4v) is 6.90. The van der Waals surface area contributed by atoms with Gasteiger partial charge in [-0.25, -0.2) is 8.42 Å². The van der Waals surface area contributed by atoms with E-state index in [0.29, 0.717) is 10.4 Å². The zero-order valence-electron chi connectivity index (χ0n) is 25.1. The average molecular weight is 630 g/mol. The first-order valence-electron chi connectivity index (χ1n) is 14.7. The number of nitrogens with zero attached hydrogens (tertiary/aromatic N) is 2. The Morgan fingerprint density at radius 3 is 2.20 bits per heavy atom. The highest BCUT2D eigenvalue weighted by molar-refractivity contribution is 7.92. The van der Waals surface area contributed by atoms with Gasteiger partial charge in [-0.3, -0.25) is 13.9 Å². The molecule has 7 nitrogen and oxygen atoms in total. The van der Waals surface area contributed by atoms with Gasteiger partial charge in [-0.05, 0) is 69.0 Å². The van der Waals surface area contributed by atoms with Crippen molar-refractivity contribution in [2.24, 2.45) is 0 Å². The van der Waals surface area contributed by atoms with Crippen LogP contribution in [-0.4, -0.2) is 43.8 Å². The Kier molecular flexibility index (Phi) is 10.4. The van der Waals surface area contributed by atoms with E-state index in [1.807, 2.05) is 31.2 Å². The number of carbonyl (C=O) groups is 2. The van der Waals surface area contributed by atoms with E-state index in [9.17, 15) is 31.2 Å². The molecule has 0 radical (unpaired) electrons. The summed E-state index contributed by atoms with van der Waals surface area (Å²) in [6.07, 6.45) is -0.808. The van der Waals surface area contributed by atoms with Gasteiger partial charge in [-0.2, -0.15) is 13.2 Å². The summed E-state index contributed by atoms with van der Waals surface area (Å²) < 4.78 is 69.7. The molecule has 1 aliphatic carbocycles. The number of carbonyl (C=O) groups excluding carboxylic acids is 2. The normalized spacial score (nSPS) is 14.7. The van der Waals surface area contributed by atoms with E-state index in [4.69, 9.17) is 0 Å². The van der Waals surface area contributed by atoms with E-state index in [1.165, 1.54) is 23.1 Å². The van der Waals surface area contributed by atoms with E-state index in [1.54, 1.807) is 26.0 Å². The van der Waals surface area contributed by atoms with Crippen molar-refractivity contribution in [1.29, 1.82) is 0 Å². The van der Waals surface area contributed by atoms with Crippen LogP contribution in [0.4, 0.5) is 18.9 Å². The number of benzene rings is 3. The third-order valence-electron chi connectivity index (χ3n) is 7.87. The van der Waals surface area contributed by atoms with Gasteiger partial charge in [-0.1, -0.05) is 73.4 Å². The maximum atomic E-state index is 14.2. The van der Waals surface area contributed by atoms with Crippen molar-refractivity contribution in [3.63, 3.8) is 0 Å². The molecular formula is C33H38F3N3O4S. The minimum absolute atomic E-state index is 0.00371. The number of hydrogen-bond donors (Lipinski definition) is 1. The molecule has 236 valence electrons. The SMILES string of the molecule is CC[C@H](C(=O)NC1CCCC1)N(Cc1cccc(C)c1)C(=O)CN(c1cccc(C(F)(F)F)c1)S(=O)(=O)c1ccc(C)cc1. The molecule has 1 fully saturated rings. The van der Waals surface area contributed by atoms with E-state index in [-0.39, 0.29) is 35.5 Å². The van der Waals surface area contributed by atoms with Gasteiger partial charge in [-0.15, -0.1) is 0 Å². The second-order valence-corrected chi connectivity index (χ2v) is 13.2. The standard InChI is InChI=1S/C33H38F3N3O4S/c1-4-30(32(41)37-27-12-5-6-13-27)38(21-25-10-7-9-24(3)19-25)31(40)22-39(28-14-8-11-26(20-28)33(34,35)36)44(42,43)29-17-15-23(2)16-18-29/h7-11,14-20,27,30H,4-6,12-13,21-22H2,1-3H3,(H,37,41)/t30-/m1/s1. The lowest BCUT2D eigenvalue weighted by atomic mass is 10.1. The summed E-state index contributed by atoms with van der Waals surface area (Å²) >= 11 is 0. The van der Waals surface area contributed by atoms with Crippen LogP contribution in [0, 0.1) is 13.8 Å². The summed E-state index contributed by atoms with van der Waals surface area (Å²) in [7, 11) is -4.49. The average Bonchev–Trinajstić information content (AvgIpc) is 3.48. The number of nitrogens with one attached hydrogen (secondary N) is 1. The number of sulfonamides is 1. The molecular weight excluding hydrogens is 591 g/mol. The van der Waals surface area contributed by atoms with Crippen LogP contribution in [0.5, 0.6) is 0 Å². The van der Waals surface area contributed by atoms with Crippen LogP contribution in [0.3, 0.4) is 0 Å². The molecule has 1 atom stereocenters. The molecule has 0 saturated heterocycles. The first-order valence-corrected chi connectivity index (χ1v) is 16.2. The zero-order valence-corrected chi connectivity index (χ0v) is 25.9. The molecule has 4 rings (SSSR count). The van der Waals surface area contributed by atoms with Crippen molar-refractivity contribution in [2.75, 3.05) is 10.8 Å². The van der Waals surface area contributed by atoms with Crippen molar-refractivity contribution < 1.29 is 31.2 Å². The predicted molar refractivity (Wildman–Crippen MR) is 163 cm³/mol. The Morgan fingerprint density at radius 2 is 1.59 bits per heavy atom. The second kappa shape index (κ2) is 13.8. The van der Waals surface area contributed by atoms with Crippen LogP contribution in [-0.2, 0) is 32.3 Å². The smallest absolute Gasteiger partial charge is 0.352 e. The van der Waals surface area contributed by atoms with Gasteiger partial charge < -0.3 is 10.2 Å². The Hall–Kier alpha value is -3.86. The van der Waals surface area contributed by atoms with E-state index in [0.717, 1.165) is 54.5 Å². The van der Waals surface area contributed by atoms with Crippen LogP contribution in [0.1, 0.15) is 61.3 Å². The van der Waals surface area contributed by atoms with E-state index < -0.39 is 40.3 Å². The number of aryl methyl sites for hydroxylation is 2. The predicted octanol–water partition coefficient (Wildman–Crippen LogP) is 6.38. The van der Waals surface area contributed by atoms with E-state index >= 15 is 0 Å². The van der Waals surface area contributed by atoms with Gasteiger partial charge in [0.15, 0.2) is 0 Å². The third kappa shape index (κ3) is 7.99. The van der Waals surface area contributed by atoms with Crippen LogP contribution in [0.2, 0.25) is 0 Å². The van der Waals surface area contributed by atoms with Crippen molar-refractivity contribution >= 4 is 27.5 Å². The summed E-state index contributed by atoms with van der Waals surface area (Å²) in [4.78, 5) is 28.9. The van der Waals surface area contributed by atoms with Crippen molar-refractivity contribution in [3.8, 4) is 0 Å². The Balaban J connectivity index is 1.76. The van der Waals surface area contributed by atoms with Crippen LogP contribution in [0.25, 0.3) is 0 Å². The number of alkyl halides is 3. The van der Waals surface area contributed by atoms with Gasteiger partial charge in [0, 0.05) is 12.6 Å². The summed E-state index contributed by atoms with van der Waals surface area (Å²) in [6, 6.07) is 16.2.